The zero-order chi connectivity index (χ0) is 14.3. The van der Waals surface area contributed by atoms with Crippen molar-refractivity contribution in [2.45, 2.75) is 33.7 Å². The first-order valence-corrected chi connectivity index (χ1v) is 6.22. The van der Waals surface area contributed by atoms with Crippen LogP contribution in [-0.2, 0) is 0 Å². The molecule has 0 aliphatic rings. The summed E-state index contributed by atoms with van der Waals surface area (Å²) < 4.78 is 1.93. The fraction of sp³-hybridized carbons (Fsp3) is 0.333. The summed E-state index contributed by atoms with van der Waals surface area (Å²) in [5.74, 6) is -0.958. The van der Waals surface area contributed by atoms with Crippen molar-refractivity contribution < 1.29 is 14.7 Å². The van der Waals surface area contributed by atoms with Gasteiger partial charge in [-0.3, -0.25) is 4.79 Å². The van der Waals surface area contributed by atoms with E-state index in [1.165, 1.54) is 0 Å². The average Bonchev–Trinajstić information content (AvgIpc) is 2.59. The number of aryl methyl sites for hydroxylation is 1. The summed E-state index contributed by atoms with van der Waals surface area (Å²) in [6.45, 7) is 7.59. The molecular formula is C15H17NO3. The van der Waals surface area contributed by atoms with Gasteiger partial charge in [-0.05, 0) is 33.3 Å². The highest BCUT2D eigenvalue weighted by Crippen LogP contribution is 2.32. The molecule has 0 radical (unpaired) electrons. The molecule has 0 saturated carbocycles. The van der Waals surface area contributed by atoms with Crippen LogP contribution in [-0.4, -0.2) is 21.9 Å². The van der Waals surface area contributed by atoms with Crippen molar-refractivity contribution in [3.63, 3.8) is 0 Å². The molecular weight excluding hydrogens is 242 g/mol. The number of hydrogen-bond donors (Lipinski definition) is 1. The van der Waals surface area contributed by atoms with Crippen molar-refractivity contribution in [1.82, 2.24) is 4.57 Å². The van der Waals surface area contributed by atoms with Gasteiger partial charge in [0.15, 0.2) is 6.29 Å². The molecule has 100 valence electrons. The first-order chi connectivity index (χ1) is 8.90. The predicted octanol–water partition coefficient (Wildman–Crippen LogP) is 3.35. The third-order valence-electron chi connectivity index (χ3n) is 3.52. The minimum atomic E-state index is -0.958. The molecule has 0 bridgehead atoms. The number of aldehydes is 1. The molecule has 4 nitrogen and oxygen atoms in total. The molecule has 1 N–H and O–H groups in total. The lowest BCUT2D eigenvalue weighted by atomic mass is 10.0. The van der Waals surface area contributed by atoms with Crippen molar-refractivity contribution >= 4 is 23.2 Å². The van der Waals surface area contributed by atoms with Gasteiger partial charge in [0.25, 0.3) is 0 Å². The van der Waals surface area contributed by atoms with Crippen LogP contribution >= 0.6 is 0 Å². The van der Waals surface area contributed by atoms with Gasteiger partial charge in [0, 0.05) is 22.7 Å². The van der Waals surface area contributed by atoms with Crippen molar-refractivity contribution in [1.29, 1.82) is 0 Å². The van der Waals surface area contributed by atoms with E-state index >= 15 is 0 Å². The Bertz CT molecular complexity index is 680. The summed E-state index contributed by atoms with van der Waals surface area (Å²) in [5, 5.41) is 10.2. The highest BCUT2D eigenvalue weighted by Gasteiger charge is 2.22. The molecule has 0 saturated heterocycles. The van der Waals surface area contributed by atoms with E-state index in [2.05, 4.69) is 0 Å². The molecule has 2 rings (SSSR count). The normalized spacial score (nSPS) is 11.2. The van der Waals surface area contributed by atoms with E-state index < -0.39 is 5.97 Å². The van der Waals surface area contributed by atoms with Gasteiger partial charge in [-0.1, -0.05) is 12.1 Å². The van der Waals surface area contributed by atoms with Crippen LogP contribution in [0.2, 0.25) is 0 Å². The molecule has 1 heterocycles. The second kappa shape index (κ2) is 4.53. The Morgan fingerprint density at radius 3 is 2.42 bits per heavy atom. The number of carboxylic acids is 1. The van der Waals surface area contributed by atoms with Crippen LogP contribution in [0.3, 0.4) is 0 Å². The number of fused-ring (bicyclic) bond motifs is 1. The van der Waals surface area contributed by atoms with Crippen LogP contribution in [0.15, 0.2) is 12.1 Å². The Balaban J connectivity index is 3.08. The van der Waals surface area contributed by atoms with Crippen LogP contribution in [0.1, 0.15) is 51.9 Å². The fourth-order valence-corrected chi connectivity index (χ4v) is 2.72. The fourth-order valence-electron chi connectivity index (χ4n) is 2.72. The quantitative estimate of drug-likeness (QED) is 0.860. The molecule has 0 atom stereocenters. The number of carboxylic acid groups (broad SMARTS) is 1. The molecule has 1 aromatic carbocycles. The first kappa shape index (κ1) is 13.3. The molecule has 4 heteroatoms. The van der Waals surface area contributed by atoms with Gasteiger partial charge in [0.2, 0.25) is 0 Å². The maximum absolute atomic E-state index is 11.5. The molecule has 0 spiro atoms. The molecule has 19 heavy (non-hydrogen) atoms. The number of rotatable bonds is 3. The third kappa shape index (κ3) is 1.84. The highest BCUT2D eigenvalue weighted by molar-refractivity contribution is 6.09. The van der Waals surface area contributed by atoms with Crippen molar-refractivity contribution in [2.24, 2.45) is 0 Å². The minimum Gasteiger partial charge on any atom is -0.478 e. The molecule has 0 aliphatic heterocycles. The number of nitrogens with zero attached hydrogens (tertiary/aromatic N) is 1. The number of carbonyl (C=O) groups excluding carboxylic acids is 1. The third-order valence-corrected chi connectivity index (χ3v) is 3.52. The maximum atomic E-state index is 11.5. The van der Waals surface area contributed by atoms with Crippen molar-refractivity contribution in [3.05, 3.63) is 34.5 Å². The Hall–Kier alpha value is -2.10. The summed E-state index contributed by atoms with van der Waals surface area (Å²) in [7, 11) is 0. The van der Waals surface area contributed by atoms with Gasteiger partial charge in [-0.25, -0.2) is 4.79 Å². The van der Waals surface area contributed by atoms with E-state index in [1.54, 1.807) is 13.0 Å². The zero-order valence-electron chi connectivity index (χ0n) is 11.5. The van der Waals surface area contributed by atoms with Gasteiger partial charge in [-0.2, -0.15) is 0 Å². The van der Waals surface area contributed by atoms with Crippen molar-refractivity contribution in [3.8, 4) is 0 Å². The van der Waals surface area contributed by atoms with Gasteiger partial charge < -0.3 is 9.67 Å². The summed E-state index contributed by atoms with van der Waals surface area (Å²) in [6, 6.07) is 3.67. The van der Waals surface area contributed by atoms with Gasteiger partial charge in [-0.15, -0.1) is 0 Å². The van der Waals surface area contributed by atoms with E-state index in [0.29, 0.717) is 22.0 Å². The number of hydrogen-bond acceptors (Lipinski definition) is 2. The molecule has 1 aromatic heterocycles. The smallest absolute Gasteiger partial charge is 0.338 e. The molecule has 0 unspecified atom stereocenters. The average molecular weight is 259 g/mol. The minimum absolute atomic E-state index is 0.0936. The second-order valence-electron chi connectivity index (χ2n) is 5.04. The van der Waals surface area contributed by atoms with Gasteiger partial charge >= 0.3 is 5.97 Å². The standard InChI is InChI=1S/C15H17NO3/c1-8(2)16-10(4)12(7-17)11-6-5-9(3)13(14(11)16)15(18)19/h5-8H,1-4H3,(H,18,19). The Morgan fingerprint density at radius 1 is 1.32 bits per heavy atom. The summed E-state index contributed by atoms with van der Waals surface area (Å²) in [6.07, 6.45) is 0.803. The van der Waals surface area contributed by atoms with Crippen molar-refractivity contribution in [2.75, 3.05) is 0 Å². The van der Waals surface area contributed by atoms with Crippen LogP contribution in [0.4, 0.5) is 0 Å². The Morgan fingerprint density at radius 2 is 1.95 bits per heavy atom. The van der Waals surface area contributed by atoms with Crippen LogP contribution in [0, 0.1) is 13.8 Å². The van der Waals surface area contributed by atoms with E-state index in [1.807, 2.05) is 31.4 Å². The van der Waals surface area contributed by atoms with Crippen LogP contribution in [0.25, 0.3) is 10.9 Å². The number of carbonyl (C=O) groups is 2. The Labute approximate surface area is 111 Å². The maximum Gasteiger partial charge on any atom is 0.338 e. The molecule has 0 amide bonds. The van der Waals surface area contributed by atoms with E-state index in [9.17, 15) is 14.7 Å². The Kier molecular flexibility index (Phi) is 3.18. The van der Waals surface area contributed by atoms with Crippen LogP contribution in [0.5, 0.6) is 0 Å². The summed E-state index contributed by atoms with van der Waals surface area (Å²) in [4.78, 5) is 22.8. The monoisotopic (exact) mass is 259 g/mol. The number of benzene rings is 1. The largest absolute Gasteiger partial charge is 0.478 e. The van der Waals surface area contributed by atoms with Gasteiger partial charge in [0.1, 0.15) is 0 Å². The predicted molar refractivity (Wildman–Crippen MR) is 74.1 cm³/mol. The number of aromatic nitrogens is 1. The lowest BCUT2D eigenvalue weighted by Crippen LogP contribution is -2.08. The lowest BCUT2D eigenvalue weighted by Gasteiger charge is -2.14. The molecule has 2 aromatic rings. The van der Waals surface area contributed by atoms with Gasteiger partial charge in [0.05, 0.1) is 11.1 Å². The van der Waals surface area contributed by atoms with E-state index in [4.69, 9.17) is 0 Å². The summed E-state index contributed by atoms with van der Waals surface area (Å²) in [5.41, 5.74) is 3.01. The van der Waals surface area contributed by atoms with E-state index in [0.717, 1.165) is 12.0 Å². The number of aromatic carboxylic acids is 1. The molecule has 0 fully saturated rings. The highest BCUT2D eigenvalue weighted by atomic mass is 16.4. The zero-order valence-corrected chi connectivity index (χ0v) is 11.5. The SMILES string of the molecule is Cc1ccc2c(C=O)c(C)n(C(C)C)c2c1C(=O)O. The summed E-state index contributed by atoms with van der Waals surface area (Å²) >= 11 is 0. The van der Waals surface area contributed by atoms with E-state index in [-0.39, 0.29) is 11.6 Å². The first-order valence-electron chi connectivity index (χ1n) is 6.22. The van der Waals surface area contributed by atoms with Crippen LogP contribution < -0.4 is 0 Å². The lowest BCUT2D eigenvalue weighted by molar-refractivity contribution is 0.0697. The molecule has 0 aliphatic carbocycles. The topological polar surface area (TPSA) is 59.3 Å². The second-order valence-corrected chi connectivity index (χ2v) is 5.04.